The summed E-state index contributed by atoms with van der Waals surface area (Å²) in [7, 11) is 0. The van der Waals surface area contributed by atoms with Crippen LogP contribution >= 0.6 is 0 Å². The Morgan fingerprint density at radius 3 is 2.70 bits per heavy atom. The molecule has 0 aromatic heterocycles. The molecule has 1 fully saturated rings. The lowest BCUT2D eigenvalue weighted by atomic mass is 9.69. The van der Waals surface area contributed by atoms with Crippen LogP contribution in [0.3, 0.4) is 0 Å². The predicted octanol–water partition coefficient (Wildman–Crippen LogP) is 3.59. The topological polar surface area (TPSA) is 66.8 Å². The molecule has 4 rings (SSSR count). The number of ketones is 1. The molecule has 1 saturated carbocycles. The van der Waals surface area contributed by atoms with Crippen molar-refractivity contribution in [3.8, 4) is 5.75 Å². The van der Waals surface area contributed by atoms with Crippen molar-refractivity contribution in [2.45, 2.75) is 52.2 Å². The van der Waals surface area contributed by atoms with Gasteiger partial charge in [-0.15, -0.1) is 0 Å². The summed E-state index contributed by atoms with van der Waals surface area (Å²) in [6.45, 7) is 6.85. The van der Waals surface area contributed by atoms with Gasteiger partial charge in [0.2, 0.25) is 0 Å². The average Bonchev–Trinajstić information content (AvgIpc) is 2.88. The number of hydrogen-bond acceptors (Lipinski definition) is 4. The van der Waals surface area contributed by atoms with Gasteiger partial charge in [-0.1, -0.05) is 32.9 Å². The van der Waals surface area contributed by atoms with Crippen molar-refractivity contribution < 1.29 is 19.4 Å². The first kappa shape index (κ1) is 18.1. The minimum atomic E-state index is -0.473. The number of carbonyl (C=O) groups excluding carboxylic acids is 2. The van der Waals surface area contributed by atoms with Crippen LogP contribution in [0.15, 0.2) is 35.6 Å². The second-order valence-corrected chi connectivity index (χ2v) is 8.34. The van der Waals surface area contributed by atoms with Crippen molar-refractivity contribution in [1.82, 2.24) is 4.90 Å². The zero-order valence-electron chi connectivity index (χ0n) is 16.1. The second-order valence-electron chi connectivity index (χ2n) is 8.34. The van der Waals surface area contributed by atoms with Crippen molar-refractivity contribution in [3.05, 3.63) is 41.2 Å². The van der Waals surface area contributed by atoms with Crippen LogP contribution in [-0.2, 0) is 14.3 Å². The van der Waals surface area contributed by atoms with Crippen molar-refractivity contribution in [2.24, 2.45) is 17.8 Å². The van der Waals surface area contributed by atoms with Gasteiger partial charge in [0.15, 0.2) is 11.5 Å². The van der Waals surface area contributed by atoms with Crippen LogP contribution < -0.4 is 0 Å². The molecule has 1 N–H and O–H groups in total. The van der Waals surface area contributed by atoms with Gasteiger partial charge in [-0.3, -0.25) is 9.59 Å². The van der Waals surface area contributed by atoms with Gasteiger partial charge in [-0.2, -0.15) is 0 Å². The van der Waals surface area contributed by atoms with E-state index in [0.29, 0.717) is 18.0 Å². The lowest BCUT2D eigenvalue weighted by molar-refractivity contribution is -0.138. The molecule has 1 aliphatic carbocycles. The molecule has 5 atom stereocenters. The summed E-state index contributed by atoms with van der Waals surface area (Å²) in [5.74, 6) is 0.770. The number of Topliss-reactive ketones (excluding diaryl/α,β-unsaturated/α-hetero) is 1. The first-order valence-electron chi connectivity index (χ1n) is 9.97. The first-order chi connectivity index (χ1) is 12.9. The zero-order chi connectivity index (χ0) is 19.3. The molecule has 5 unspecified atom stereocenters. The summed E-state index contributed by atoms with van der Waals surface area (Å²) in [5.41, 5.74) is 1.25. The SMILES string of the molecule is CCCN1C(=O)C2=C(C(=O)C3C(C)CC(C)CC3O2)C1c1cccc(O)c1. The Balaban J connectivity index is 1.80. The summed E-state index contributed by atoms with van der Waals surface area (Å²) in [6.07, 6.45) is 2.40. The maximum Gasteiger partial charge on any atom is 0.290 e. The van der Waals surface area contributed by atoms with Crippen LogP contribution in [0.1, 0.15) is 51.6 Å². The van der Waals surface area contributed by atoms with Crippen molar-refractivity contribution in [3.63, 3.8) is 0 Å². The highest BCUT2D eigenvalue weighted by molar-refractivity contribution is 6.11. The number of carbonyl (C=O) groups is 2. The van der Waals surface area contributed by atoms with E-state index in [1.165, 1.54) is 0 Å². The maximum absolute atomic E-state index is 13.5. The summed E-state index contributed by atoms with van der Waals surface area (Å²) in [6, 6.07) is 6.38. The number of aromatic hydroxyl groups is 1. The van der Waals surface area contributed by atoms with Crippen molar-refractivity contribution in [1.29, 1.82) is 0 Å². The minimum absolute atomic E-state index is 0.0564. The summed E-state index contributed by atoms with van der Waals surface area (Å²) >= 11 is 0. The molecule has 1 aromatic rings. The van der Waals surface area contributed by atoms with E-state index in [1.807, 2.05) is 13.0 Å². The number of amides is 1. The minimum Gasteiger partial charge on any atom is -0.508 e. The third kappa shape index (κ3) is 2.84. The highest BCUT2D eigenvalue weighted by atomic mass is 16.5. The van der Waals surface area contributed by atoms with E-state index < -0.39 is 6.04 Å². The zero-order valence-corrected chi connectivity index (χ0v) is 16.1. The number of phenolic OH excluding ortho intramolecular Hbond substituents is 1. The first-order valence-corrected chi connectivity index (χ1v) is 9.97. The van der Waals surface area contributed by atoms with E-state index in [1.54, 1.807) is 23.1 Å². The van der Waals surface area contributed by atoms with Gasteiger partial charge < -0.3 is 14.7 Å². The highest BCUT2D eigenvalue weighted by Crippen LogP contribution is 2.49. The fourth-order valence-corrected chi connectivity index (χ4v) is 5.18. The van der Waals surface area contributed by atoms with Gasteiger partial charge in [-0.05, 0) is 48.8 Å². The van der Waals surface area contributed by atoms with Crippen molar-refractivity contribution >= 4 is 11.7 Å². The predicted molar refractivity (Wildman–Crippen MR) is 101 cm³/mol. The van der Waals surface area contributed by atoms with Crippen LogP contribution in [-0.4, -0.2) is 34.3 Å². The fraction of sp³-hybridized carbons (Fsp3) is 0.545. The summed E-state index contributed by atoms with van der Waals surface area (Å²) < 4.78 is 6.20. The molecule has 3 aliphatic rings. The Morgan fingerprint density at radius 1 is 1.22 bits per heavy atom. The molecule has 1 amide bonds. The third-order valence-corrected chi connectivity index (χ3v) is 6.20. The number of nitrogens with zero attached hydrogens (tertiary/aromatic N) is 1. The van der Waals surface area contributed by atoms with E-state index >= 15 is 0 Å². The summed E-state index contributed by atoms with van der Waals surface area (Å²) in [5, 5.41) is 9.94. The standard InChI is InChI=1S/C22H27NO4/c1-4-8-23-19(14-6-5-7-15(24)11-14)18-20(25)17-13(3)9-12(2)10-16(17)27-21(18)22(23)26/h5-7,11-13,16-17,19,24H,4,8-10H2,1-3H3. The Bertz CT molecular complexity index is 814. The second kappa shape index (κ2) is 6.70. The molecular weight excluding hydrogens is 342 g/mol. The van der Waals surface area contributed by atoms with E-state index in [2.05, 4.69) is 13.8 Å². The molecule has 5 heteroatoms. The van der Waals surface area contributed by atoms with Crippen LogP contribution in [0.25, 0.3) is 0 Å². The number of fused-ring (bicyclic) bond motifs is 1. The molecule has 27 heavy (non-hydrogen) atoms. The Kier molecular flexibility index (Phi) is 4.49. The lowest BCUT2D eigenvalue weighted by Crippen LogP contribution is -2.45. The van der Waals surface area contributed by atoms with E-state index in [9.17, 15) is 14.7 Å². The van der Waals surface area contributed by atoms with E-state index in [0.717, 1.165) is 24.8 Å². The van der Waals surface area contributed by atoms with Crippen LogP contribution in [0.4, 0.5) is 0 Å². The van der Waals surface area contributed by atoms with Gasteiger partial charge in [0, 0.05) is 6.54 Å². The van der Waals surface area contributed by atoms with Crippen molar-refractivity contribution in [2.75, 3.05) is 6.54 Å². The van der Waals surface area contributed by atoms with Crippen LogP contribution in [0.5, 0.6) is 5.75 Å². The van der Waals surface area contributed by atoms with Crippen LogP contribution in [0, 0.1) is 17.8 Å². The maximum atomic E-state index is 13.5. The fourth-order valence-electron chi connectivity index (χ4n) is 5.18. The van der Waals surface area contributed by atoms with E-state index in [-0.39, 0.29) is 41.1 Å². The van der Waals surface area contributed by atoms with Crippen LogP contribution in [0.2, 0.25) is 0 Å². The lowest BCUT2D eigenvalue weighted by Gasteiger charge is -2.41. The number of benzene rings is 1. The molecule has 0 saturated heterocycles. The Morgan fingerprint density at radius 2 is 2.00 bits per heavy atom. The smallest absolute Gasteiger partial charge is 0.290 e. The highest BCUT2D eigenvalue weighted by Gasteiger charge is 2.53. The molecule has 0 bridgehead atoms. The molecule has 2 aliphatic heterocycles. The molecule has 0 radical (unpaired) electrons. The molecular formula is C22H27NO4. The van der Waals surface area contributed by atoms with Gasteiger partial charge in [0.25, 0.3) is 5.91 Å². The van der Waals surface area contributed by atoms with Gasteiger partial charge in [0.05, 0.1) is 17.5 Å². The third-order valence-electron chi connectivity index (χ3n) is 6.20. The Labute approximate surface area is 160 Å². The number of hydrogen-bond donors (Lipinski definition) is 1. The van der Waals surface area contributed by atoms with Gasteiger partial charge in [-0.25, -0.2) is 0 Å². The Hall–Kier alpha value is -2.30. The van der Waals surface area contributed by atoms with Gasteiger partial charge in [0.1, 0.15) is 11.9 Å². The largest absolute Gasteiger partial charge is 0.508 e. The molecule has 5 nitrogen and oxygen atoms in total. The number of rotatable bonds is 3. The monoisotopic (exact) mass is 369 g/mol. The molecule has 0 spiro atoms. The molecule has 2 heterocycles. The molecule has 1 aromatic carbocycles. The normalized spacial score (nSPS) is 33.0. The number of phenols is 1. The molecule has 144 valence electrons. The number of ether oxygens (including phenoxy) is 1. The average molecular weight is 369 g/mol. The summed E-state index contributed by atoms with van der Waals surface area (Å²) in [4.78, 5) is 28.4. The van der Waals surface area contributed by atoms with E-state index in [4.69, 9.17) is 4.74 Å². The van der Waals surface area contributed by atoms with Gasteiger partial charge >= 0.3 is 0 Å². The quantitative estimate of drug-likeness (QED) is 0.884.